The number of fused-ring (bicyclic) bond motifs is 2. The molecule has 0 saturated carbocycles. The second-order valence-electron chi connectivity index (χ2n) is 7.95. The minimum atomic E-state index is -0.00967. The lowest BCUT2D eigenvalue weighted by Crippen LogP contribution is -2.49. The van der Waals surface area contributed by atoms with Gasteiger partial charge in [-0.15, -0.1) is 0 Å². The SMILES string of the molecule is CCc1ccn2cc(C(=O)N3CCN(c4ccc5c(c4)CCC(=O)N5)CC3)nc2c1. The summed E-state index contributed by atoms with van der Waals surface area (Å²) >= 11 is 0. The summed E-state index contributed by atoms with van der Waals surface area (Å²) in [5.74, 6) is 0.0739. The molecule has 0 radical (unpaired) electrons. The number of amides is 2. The van der Waals surface area contributed by atoms with E-state index in [1.54, 1.807) is 0 Å². The van der Waals surface area contributed by atoms with Crippen molar-refractivity contribution in [2.75, 3.05) is 36.4 Å². The number of aryl methyl sites for hydroxylation is 2. The van der Waals surface area contributed by atoms with Crippen molar-refractivity contribution in [1.29, 1.82) is 0 Å². The van der Waals surface area contributed by atoms with E-state index < -0.39 is 0 Å². The maximum Gasteiger partial charge on any atom is 0.274 e. The maximum absolute atomic E-state index is 13.0. The molecule has 2 aromatic heterocycles. The highest BCUT2D eigenvalue weighted by Gasteiger charge is 2.25. The Labute approximate surface area is 175 Å². The molecule has 30 heavy (non-hydrogen) atoms. The average molecular weight is 403 g/mol. The van der Waals surface area contributed by atoms with Crippen LogP contribution < -0.4 is 10.2 Å². The van der Waals surface area contributed by atoms with Crippen LogP contribution in [0.2, 0.25) is 0 Å². The molecular weight excluding hydrogens is 378 g/mol. The van der Waals surface area contributed by atoms with Crippen molar-refractivity contribution < 1.29 is 9.59 Å². The van der Waals surface area contributed by atoms with Gasteiger partial charge >= 0.3 is 0 Å². The first-order chi connectivity index (χ1) is 14.6. The number of nitrogens with one attached hydrogen (secondary N) is 1. The third-order valence-electron chi connectivity index (χ3n) is 6.07. The van der Waals surface area contributed by atoms with Crippen LogP contribution in [0.4, 0.5) is 11.4 Å². The molecule has 0 bridgehead atoms. The van der Waals surface area contributed by atoms with Gasteiger partial charge in [-0.2, -0.15) is 0 Å². The molecule has 1 saturated heterocycles. The Morgan fingerprint density at radius 3 is 2.73 bits per heavy atom. The van der Waals surface area contributed by atoms with E-state index in [1.807, 2.05) is 33.8 Å². The first-order valence-electron chi connectivity index (χ1n) is 10.6. The van der Waals surface area contributed by atoms with E-state index in [-0.39, 0.29) is 11.8 Å². The highest BCUT2D eigenvalue weighted by atomic mass is 16.2. The van der Waals surface area contributed by atoms with Crippen molar-refractivity contribution in [1.82, 2.24) is 14.3 Å². The first-order valence-corrected chi connectivity index (χ1v) is 10.6. The van der Waals surface area contributed by atoms with E-state index in [0.717, 1.165) is 43.0 Å². The third-order valence-corrected chi connectivity index (χ3v) is 6.07. The summed E-state index contributed by atoms with van der Waals surface area (Å²) in [6, 6.07) is 10.3. The molecule has 0 aliphatic carbocycles. The summed E-state index contributed by atoms with van der Waals surface area (Å²) in [4.78, 5) is 33.3. The van der Waals surface area contributed by atoms with E-state index in [1.165, 1.54) is 11.1 Å². The Hall–Kier alpha value is -3.35. The number of nitrogens with zero attached hydrogens (tertiary/aromatic N) is 4. The van der Waals surface area contributed by atoms with Gasteiger partial charge in [-0.05, 0) is 54.3 Å². The lowest BCUT2D eigenvalue weighted by Gasteiger charge is -2.36. The maximum atomic E-state index is 13.0. The molecule has 0 atom stereocenters. The molecule has 4 heterocycles. The fourth-order valence-corrected chi connectivity index (χ4v) is 4.24. The molecule has 0 spiro atoms. The Bertz CT molecular complexity index is 1130. The fourth-order valence-electron chi connectivity index (χ4n) is 4.24. The third kappa shape index (κ3) is 3.40. The average Bonchev–Trinajstić information content (AvgIpc) is 3.21. The number of rotatable bonds is 3. The number of imidazole rings is 1. The molecule has 2 aliphatic rings. The smallest absolute Gasteiger partial charge is 0.274 e. The summed E-state index contributed by atoms with van der Waals surface area (Å²) in [7, 11) is 0. The standard InChI is InChI=1S/C23H25N5O2/c1-2-16-7-8-28-15-20(24-21(28)13-16)23(30)27-11-9-26(10-12-27)18-4-5-19-17(14-18)3-6-22(29)25-19/h4-5,7-8,13-15H,2-3,6,9-12H2,1H3,(H,25,29). The topological polar surface area (TPSA) is 70.0 Å². The number of hydrogen-bond acceptors (Lipinski definition) is 4. The van der Waals surface area contributed by atoms with Crippen molar-refractivity contribution >= 4 is 28.8 Å². The lowest BCUT2D eigenvalue weighted by molar-refractivity contribution is -0.116. The molecule has 5 rings (SSSR count). The minimum absolute atomic E-state index is 0.00967. The van der Waals surface area contributed by atoms with Crippen molar-refractivity contribution in [2.24, 2.45) is 0 Å². The number of aromatic nitrogens is 2. The van der Waals surface area contributed by atoms with Crippen LogP contribution in [0.15, 0.2) is 42.7 Å². The number of anilines is 2. The van der Waals surface area contributed by atoms with Crippen LogP contribution in [0.25, 0.3) is 5.65 Å². The van der Waals surface area contributed by atoms with Gasteiger partial charge in [-0.3, -0.25) is 9.59 Å². The molecule has 7 heteroatoms. The Kier molecular flexibility index (Phi) is 4.65. The molecule has 2 aliphatic heterocycles. The van der Waals surface area contributed by atoms with E-state index in [9.17, 15) is 9.59 Å². The van der Waals surface area contributed by atoms with Crippen molar-refractivity contribution in [3.8, 4) is 0 Å². The van der Waals surface area contributed by atoms with Crippen LogP contribution >= 0.6 is 0 Å². The number of carbonyl (C=O) groups is 2. The van der Waals surface area contributed by atoms with E-state index in [4.69, 9.17) is 0 Å². The summed E-state index contributed by atoms with van der Waals surface area (Å²) in [5, 5.41) is 2.93. The first kappa shape index (κ1) is 18.7. The zero-order chi connectivity index (χ0) is 20.7. The van der Waals surface area contributed by atoms with Gasteiger partial charge in [-0.25, -0.2) is 4.98 Å². The second-order valence-corrected chi connectivity index (χ2v) is 7.95. The van der Waals surface area contributed by atoms with Gasteiger partial charge in [-0.1, -0.05) is 6.92 Å². The zero-order valence-electron chi connectivity index (χ0n) is 17.1. The van der Waals surface area contributed by atoms with Crippen molar-refractivity contribution in [2.45, 2.75) is 26.2 Å². The number of hydrogen-bond donors (Lipinski definition) is 1. The van der Waals surface area contributed by atoms with Crippen molar-refractivity contribution in [3.63, 3.8) is 0 Å². The number of pyridine rings is 1. The van der Waals surface area contributed by atoms with E-state index >= 15 is 0 Å². The molecule has 7 nitrogen and oxygen atoms in total. The molecule has 1 fully saturated rings. The predicted octanol–water partition coefficient (Wildman–Crippen LogP) is 2.74. The Morgan fingerprint density at radius 1 is 1.10 bits per heavy atom. The highest BCUT2D eigenvalue weighted by molar-refractivity contribution is 5.94. The van der Waals surface area contributed by atoms with Crippen LogP contribution in [-0.4, -0.2) is 52.3 Å². The summed E-state index contributed by atoms with van der Waals surface area (Å²) in [6.07, 6.45) is 6.05. The van der Waals surface area contributed by atoms with Crippen LogP contribution in [0.5, 0.6) is 0 Å². The van der Waals surface area contributed by atoms with E-state index in [0.29, 0.717) is 25.2 Å². The van der Waals surface area contributed by atoms with Crippen LogP contribution in [0, 0.1) is 0 Å². The predicted molar refractivity (Wildman–Crippen MR) is 116 cm³/mol. The van der Waals surface area contributed by atoms with Crippen LogP contribution in [0.3, 0.4) is 0 Å². The number of carbonyl (C=O) groups excluding carboxylic acids is 2. The minimum Gasteiger partial charge on any atom is -0.368 e. The van der Waals surface area contributed by atoms with Crippen LogP contribution in [0.1, 0.15) is 35.0 Å². The summed E-state index contributed by atoms with van der Waals surface area (Å²) < 4.78 is 1.91. The summed E-state index contributed by atoms with van der Waals surface area (Å²) in [6.45, 7) is 5.01. The molecule has 3 aromatic rings. The van der Waals surface area contributed by atoms with Crippen molar-refractivity contribution in [3.05, 3.63) is 59.5 Å². The van der Waals surface area contributed by atoms with Gasteiger partial charge in [0.2, 0.25) is 5.91 Å². The molecular formula is C23H25N5O2. The Morgan fingerprint density at radius 2 is 1.93 bits per heavy atom. The number of benzene rings is 1. The van der Waals surface area contributed by atoms with Gasteiger partial charge < -0.3 is 19.5 Å². The van der Waals surface area contributed by atoms with Gasteiger partial charge in [0.1, 0.15) is 11.3 Å². The number of piperazine rings is 1. The second kappa shape index (κ2) is 7.48. The lowest BCUT2D eigenvalue weighted by atomic mass is 10.0. The van der Waals surface area contributed by atoms with Gasteiger partial charge in [0, 0.05) is 56.4 Å². The molecule has 154 valence electrons. The molecule has 2 amide bonds. The zero-order valence-corrected chi connectivity index (χ0v) is 17.1. The Balaban J connectivity index is 1.27. The normalized spacial score (nSPS) is 16.5. The molecule has 1 N–H and O–H groups in total. The molecule has 1 aromatic carbocycles. The van der Waals surface area contributed by atoms with Crippen LogP contribution in [-0.2, 0) is 17.6 Å². The van der Waals surface area contributed by atoms with E-state index in [2.05, 4.69) is 40.3 Å². The van der Waals surface area contributed by atoms with Gasteiger partial charge in [0.05, 0.1) is 0 Å². The van der Waals surface area contributed by atoms with Gasteiger partial charge in [0.15, 0.2) is 0 Å². The quantitative estimate of drug-likeness (QED) is 0.730. The fraction of sp³-hybridized carbons (Fsp3) is 0.348. The highest BCUT2D eigenvalue weighted by Crippen LogP contribution is 2.28. The monoisotopic (exact) mass is 403 g/mol. The summed E-state index contributed by atoms with van der Waals surface area (Å²) in [5.41, 5.74) is 5.78. The largest absolute Gasteiger partial charge is 0.368 e. The molecule has 0 unspecified atom stereocenters. The van der Waals surface area contributed by atoms with Gasteiger partial charge in [0.25, 0.3) is 5.91 Å².